The molecule has 1 aliphatic heterocycles. The molecule has 2 aromatic heterocycles. The number of carbonyl (C=O) groups is 2. The number of likely N-dealkylation sites (N-methyl/N-ethyl adjacent to an activating group) is 1. The van der Waals surface area contributed by atoms with Crippen molar-refractivity contribution in [1.82, 2.24) is 19.8 Å². The van der Waals surface area contributed by atoms with E-state index in [-0.39, 0.29) is 17.9 Å². The van der Waals surface area contributed by atoms with Gasteiger partial charge in [-0.25, -0.2) is 0 Å². The molecule has 1 saturated heterocycles. The highest BCUT2D eigenvalue weighted by Crippen LogP contribution is 2.49. The highest BCUT2D eigenvalue weighted by molar-refractivity contribution is 9.10. The summed E-state index contributed by atoms with van der Waals surface area (Å²) < 4.78 is 0.851. The Morgan fingerprint density at radius 3 is 2.72 bits per heavy atom. The van der Waals surface area contributed by atoms with E-state index in [1.165, 1.54) is 0 Å². The number of rotatable bonds is 5. The Kier molecular flexibility index (Phi) is 5.85. The molecule has 1 N–H and O–H groups in total. The number of hydrogen-bond donors (Lipinski definition) is 1. The summed E-state index contributed by atoms with van der Waals surface area (Å²) in [6.45, 7) is 0.474. The average Bonchev–Trinajstić information content (AvgIpc) is 3.32. The van der Waals surface area contributed by atoms with Gasteiger partial charge in [-0.3, -0.25) is 14.6 Å². The number of aromatic nitrogens is 2. The molecule has 36 heavy (non-hydrogen) atoms. The van der Waals surface area contributed by atoms with Crippen molar-refractivity contribution < 1.29 is 9.59 Å². The van der Waals surface area contributed by atoms with Crippen LogP contribution in [0.2, 0.25) is 5.02 Å². The standard InChI is InChI=1S/C28H24BrClN4O2/c1-33(15-16-3-2-4-18(9-16)17-5-7-31-8-6-17)28(36)25-13-19-12-24(19)34(25)27(35)23-11-20-10-21(29)14-22(30)26(20)32-23/h2-11,14,19,24-25,32H,12-13,15H2,1H3/t19-,24-,25-/m0/s1. The summed E-state index contributed by atoms with van der Waals surface area (Å²) in [6.07, 6.45) is 5.21. The van der Waals surface area contributed by atoms with Gasteiger partial charge in [0.2, 0.25) is 5.91 Å². The Bertz CT molecular complexity index is 1490. The normalized spacial score (nSPS) is 20.4. The highest BCUT2D eigenvalue weighted by Gasteiger charge is 2.56. The molecule has 1 aliphatic carbocycles. The number of pyridine rings is 1. The topological polar surface area (TPSA) is 69.3 Å². The average molecular weight is 564 g/mol. The summed E-state index contributed by atoms with van der Waals surface area (Å²) in [6, 6.07) is 17.3. The molecular weight excluding hydrogens is 540 g/mol. The van der Waals surface area contributed by atoms with Crippen LogP contribution in [0.3, 0.4) is 0 Å². The van der Waals surface area contributed by atoms with Gasteiger partial charge in [-0.05, 0) is 71.8 Å². The van der Waals surface area contributed by atoms with E-state index >= 15 is 0 Å². The molecule has 4 aromatic rings. The lowest BCUT2D eigenvalue weighted by Crippen LogP contribution is -2.48. The molecule has 182 valence electrons. The highest BCUT2D eigenvalue weighted by atomic mass is 79.9. The molecule has 0 spiro atoms. The van der Waals surface area contributed by atoms with Crippen LogP contribution in [-0.2, 0) is 11.3 Å². The fourth-order valence-electron chi connectivity index (χ4n) is 5.39. The summed E-state index contributed by atoms with van der Waals surface area (Å²) in [4.78, 5) is 38.0. The lowest BCUT2D eigenvalue weighted by atomic mass is 10.0. The Hall–Kier alpha value is -3.16. The van der Waals surface area contributed by atoms with Crippen LogP contribution in [-0.4, -0.2) is 50.7 Å². The fraction of sp³-hybridized carbons (Fsp3) is 0.250. The van der Waals surface area contributed by atoms with Gasteiger partial charge in [0, 0.05) is 41.9 Å². The van der Waals surface area contributed by atoms with E-state index in [1.54, 1.807) is 28.3 Å². The van der Waals surface area contributed by atoms with E-state index in [4.69, 9.17) is 11.6 Å². The molecule has 3 heterocycles. The largest absolute Gasteiger partial charge is 0.349 e. The molecule has 6 nitrogen and oxygen atoms in total. The maximum atomic E-state index is 13.6. The first-order chi connectivity index (χ1) is 17.4. The zero-order valence-electron chi connectivity index (χ0n) is 19.6. The lowest BCUT2D eigenvalue weighted by Gasteiger charge is -2.30. The zero-order chi connectivity index (χ0) is 25.0. The van der Waals surface area contributed by atoms with E-state index in [9.17, 15) is 9.59 Å². The maximum absolute atomic E-state index is 13.6. The number of H-pyrrole nitrogens is 1. The van der Waals surface area contributed by atoms with Crippen molar-refractivity contribution in [3.8, 4) is 11.1 Å². The van der Waals surface area contributed by atoms with E-state index < -0.39 is 6.04 Å². The number of halogens is 2. The van der Waals surface area contributed by atoms with Gasteiger partial charge in [-0.2, -0.15) is 0 Å². The van der Waals surface area contributed by atoms with Gasteiger partial charge < -0.3 is 14.8 Å². The second-order valence-corrected chi connectivity index (χ2v) is 11.0. The van der Waals surface area contributed by atoms with Crippen LogP contribution in [0.15, 0.2) is 71.5 Å². The summed E-state index contributed by atoms with van der Waals surface area (Å²) in [7, 11) is 1.81. The number of nitrogens with zero attached hydrogens (tertiary/aromatic N) is 3. The fourth-order valence-corrected chi connectivity index (χ4v) is 6.27. The van der Waals surface area contributed by atoms with Crippen LogP contribution in [0, 0.1) is 5.92 Å². The molecule has 1 saturated carbocycles. The molecule has 0 radical (unpaired) electrons. The van der Waals surface area contributed by atoms with Gasteiger partial charge in [0.15, 0.2) is 0 Å². The number of carbonyl (C=O) groups excluding carboxylic acids is 2. The van der Waals surface area contributed by atoms with Crippen molar-refractivity contribution in [2.75, 3.05) is 7.05 Å². The Balaban J connectivity index is 1.21. The van der Waals surface area contributed by atoms with Crippen molar-refractivity contribution in [2.24, 2.45) is 5.92 Å². The number of fused-ring (bicyclic) bond motifs is 2. The second-order valence-electron chi connectivity index (χ2n) is 9.69. The van der Waals surface area contributed by atoms with Crippen LogP contribution in [0.5, 0.6) is 0 Å². The third-order valence-electron chi connectivity index (χ3n) is 7.24. The molecule has 2 aromatic carbocycles. The van der Waals surface area contributed by atoms with E-state index in [2.05, 4.69) is 38.0 Å². The minimum Gasteiger partial charge on any atom is -0.349 e. The van der Waals surface area contributed by atoms with Crippen molar-refractivity contribution in [2.45, 2.75) is 31.5 Å². The zero-order valence-corrected chi connectivity index (χ0v) is 22.0. The number of benzene rings is 2. The van der Waals surface area contributed by atoms with Gasteiger partial charge >= 0.3 is 0 Å². The van der Waals surface area contributed by atoms with Crippen molar-refractivity contribution >= 4 is 50.2 Å². The molecule has 8 heteroatoms. The summed E-state index contributed by atoms with van der Waals surface area (Å²) in [5.41, 5.74) is 4.39. The number of nitrogens with one attached hydrogen (secondary N) is 1. The molecule has 3 atom stereocenters. The van der Waals surface area contributed by atoms with Crippen LogP contribution >= 0.6 is 27.5 Å². The second kappa shape index (κ2) is 9.05. The summed E-state index contributed by atoms with van der Waals surface area (Å²) in [5.74, 6) is 0.227. The first-order valence-electron chi connectivity index (χ1n) is 11.9. The van der Waals surface area contributed by atoms with Crippen LogP contribution in [0.4, 0.5) is 0 Å². The Labute approximate surface area is 222 Å². The molecule has 0 unspecified atom stereocenters. The third kappa shape index (κ3) is 4.20. The first-order valence-corrected chi connectivity index (χ1v) is 13.1. The molecule has 0 bridgehead atoms. The smallest absolute Gasteiger partial charge is 0.271 e. The molecule has 2 amide bonds. The van der Waals surface area contributed by atoms with Crippen molar-refractivity contribution in [3.05, 3.63) is 87.7 Å². The van der Waals surface area contributed by atoms with Gasteiger partial charge in [0.05, 0.1) is 10.5 Å². The molecular formula is C28H24BrClN4O2. The number of hydrogen-bond acceptors (Lipinski definition) is 3. The van der Waals surface area contributed by atoms with Crippen LogP contribution in [0.25, 0.3) is 22.0 Å². The molecule has 6 rings (SSSR count). The number of piperidine rings is 1. The number of aromatic amines is 1. The minimum absolute atomic E-state index is 0.0262. The first kappa shape index (κ1) is 23.3. The quantitative estimate of drug-likeness (QED) is 0.328. The van der Waals surface area contributed by atoms with Gasteiger partial charge in [0.25, 0.3) is 5.91 Å². The predicted molar refractivity (Wildman–Crippen MR) is 144 cm³/mol. The van der Waals surface area contributed by atoms with Gasteiger partial charge in [-0.15, -0.1) is 0 Å². The van der Waals surface area contributed by atoms with Crippen molar-refractivity contribution in [1.29, 1.82) is 0 Å². The van der Waals surface area contributed by atoms with E-state index in [1.807, 2.05) is 43.4 Å². The predicted octanol–water partition coefficient (Wildman–Crippen LogP) is 5.91. The van der Waals surface area contributed by atoms with Crippen molar-refractivity contribution in [3.63, 3.8) is 0 Å². The number of amides is 2. The monoisotopic (exact) mass is 562 g/mol. The van der Waals surface area contributed by atoms with E-state index in [0.717, 1.165) is 38.5 Å². The van der Waals surface area contributed by atoms with Gasteiger partial charge in [-0.1, -0.05) is 45.7 Å². The van der Waals surface area contributed by atoms with E-state index in [0.29, 0.717) is 29.6 Å². The summed E-state index contributed by atoms with van der Waals surface area (Å²) in [5, 5.41) is 1.41. The SMILES string of the molecule is CN(Cc1cccc(-c2ccncc2)c1)C(=O)[C@@H]1C[C@@H]2C[C@@H]2N1C(=O)c1cc2cc(Br)cc(Cl)c2[nH]1. The van der Waals surface area contributed by atoms with Crippen LogP contribution in [0.1, 0.15) is 28.9 Å². The van der Waals surface area contributed by atoms with Gasteiger partial charge in [0.1, 0.15) is 11.7 Å². The molecule has 2 aliphatic rings. The molecule has 2 fully saturated rings. The maximum Gasteiger partial charge on any atom is 0.271 e. The Morgan fingerprint density at radius 2 is 1.92 bits per heavy atom. The Morgan fingerprint density at radius 1 is 1.11 bits per heavy atom. The third-order valence-corrected chi connectivity index (χ3v) is 7.99. The minimum atomic E-state index is -0.455. The van der Waals surface area contributed by atoms with Crippen LogP contribution < -0.4 is 0 Å². The summed E-state index contributed by atoms with van der Waals surface area (Å²) >= 11 is 9.83. The number of likely N-dealkylation sites (tertiary alicyclic amines) is 1. The lowest BCUT2D eigenvalue weighted by molar-refractivity contribution is -0.135.